The molecule has 7 heteroatoms. The molecule has 0 aliphatic rings. The Balaban J connectivity index is 1.62. The van der Waals surface area contributed by atoms with E-state index in [-0.39, 0.29) is 29.3 Å². The highest BCUT2D eigenvalue weighted by Crippen LogP contribution is 2.17. The second-order valence-corrected chi connectivity index (χ2v) is 6.52. The lowest BCUT2D eigenvalue weighted by molar-refractivity contribution is -0.254. The molecule has 0 fully saturated rings. The number of carbonyl (C=O) groups is 3. The molecule has 0 spiro atoms. The van der Waals surface area contributed by atoms with E-state index >= 15 is 0 Å². The number of amides is 2. The quantitative estimate of drug-likeness (QED) is 0.631. The number of aromatic carboxylic acids is 1. The van der Waals surface area contributed by atoms with E-state index in [4.69, 9.17) is 4.74 Å². The van der Waals surface area contributed by atoms with Crippen LogP contribution in [0.15, 0.2) is 72.8 Å². The summed E-state index contributed by atoms with van der Waals surface area (Å²) in [5, 5.41) is 16.4. The molecule has 3 rings (SSSR count). The van der Waals surface area contributed by atoms with Gasteiger partial charge in [-0.2, -0.15) is 0 Å². The number of hydrogen-bond donors (Lipinski definition) is 2. The SMILES string of the molecule is Cc1ccc(OCC(=O)Nc2cccc(C(=O)Nc3ccccc3C(=O)[O-])c2)cc1. The fraction of sp³-hybridized carbons (Fsp3) is 0.0870. The second-order valence-electron chi connectivity index (χ2n) is 6.52. The zero-order valence-electron chi connectivity index (χ0n) is 16.2. The van der Waals surface area contributed by atoms with Gasteiger partial charge < -0.3 is 25.3 Å². The van der Waals surface area contributed by atoms with Crippen molar-refractivity contribution in [2.45, 2.75) is 6.92 Å². The molecule has 0 unspecified atom stereocenters. The number of para-hydroxylation sites is 1. The summed E-state index contributed by atoms with van der Waals surface area (Å²) < 4.78 is 5.43. The smallest absolute Gasteiger partial charge is 0.262 e. The molecule has 2 amide bonds. The van der Waals surface area contributed by atoms with Crippen LogP contribution < -0.4 is 20.5 Å². The minimum Gasteiger partial charge on any atom is -0.545 e. The molecule has 2 N–H and O–H groups in total. The average Bonchev–Trinajstić information content (AvgIpc) is 2.74. The van der Waals surface area contributed by atoms with E-state index in [9.17, 15) is 19.5 Å². The van der Waals surface area contributed by atoms with Crippen LogP contribution in [0.5, 0.6) is 5.75 Å². The third-order valence-corrected chi connectivity index (χ3v) is 4.19. The molecule has 7 nitrogen and oxygen atoms in total. The summed E-state index contributed by atoms with van der Waals surface area (Å²) in [4.78, 5) is 35.8. The zero-order valence-corrected chi connectivity index (χ0v) is 16.2. The lowest BCUT2D eigenvalue weighted by Gasteiger charge is -2.12. The average molecular weight is 403 g/mol. The number of carboxylic acids is 1. The van der Waals surface area contributed by atoms with Crippen molar-refractivity contribution in [1.82, 2.24) is 0 Å². The number of ether oxygens (including phenoxy) is 1. The number of benzene rings is 3. The van der Waals surface area contributed by atoms with Crippen molar-refractivity contribution in [1.29, 1.82) is 0 Å². The molecule has 0 aromatic heterocycles. The number of anilines is 2. The van der Waals surface area contributed by atoms with Gasteiger partial charge in [0.05, 0.1) is 11.7 Å². The van der Waals surface area contributed by atoms with Crippen LogP contribution in [0.4, 0.5) is 11.4 Å². The number of aryl methyl sites for hydroxylation is 1. The Hall–Kier alpha value is -4.13. The molecule has 0 atom stereocenters. The van der Waals surface area contributed by atoms with E-state index in [0.717, 1.165) is 5.56 Å². The first kappa shape index (κ1) is 20.6. The van der Waals surface area contributed by atoms with Gasteiger partial charge in [-0.25, -0.2) is 0 Å². The van der Waals surface area contributed by atoms with Crippen LogP contribution in [-0.2, 0) is 4.79 Å². The number of rotatable bonds is 7. The third-order valence-electron chi connectivity index (χ3n) is 4.19. The van der Waals surface area contributed by atoms with Crippen molar-refractivity contribution >= 4 is 29.2 Å². The van der Waals surface area contributed by atoms with E-state index < -0.39 is 11.9 Å². The minimum atomic E-state index is -1.39. The molecule has 0 heterocycles. The molecule has 0 saturated carbocycles. The lowest BCUT2D eigenvalue weighted by atomic mass is 10.1. The van der Waals surface area contributed by atoms with E-state index in [1.54, 1.807) is 36.4 Å². The van der Waals surface area contributed by atoms with Gasteiger partial charge >= 0.3 is 0 Å². The van der Waals surface area contributed by atoms with Gasteiger partial charge in [-0.1, -0.05) is 42.0 Å². The monoisotopic (exact) mass is 403 g/mol. The van der Waals surface area contributed by atoms with Crippen LogP contribution in [0.3, 0.4) is 0 Å². The van der Waals surface area contributed by atoms with Gasteiger partial charge in [0.1, 0.15) is 5.75 Å². The van der Waals surface area contributed by atoms with Crippen LogP contribution >= 0.6 is 0 Å². The minimum absolute atomic E-state index is 0.122. The largest absolute Gasteiger partial charge is 0.545 e. The molecular weight excluding hydrogens is 384 g/mol. The lowest BCUT2D eigenvalue weighted by Crippen LogP contribution is -2.25. The highest BCUT2D eigenvalue weighted by Gasteiger charge is 2.11. The van der Waals surface area contributed by atoms with Crippen molar-refractivity contribution in [3.8, 4) is 5.75 Å². The summed E-state index contributed by atoms with van der Waals surface area (Å²) in [7, 11) is 0. The molecule has 152 valence electrons. The maximum Gasteiger partial charge on any atom is 0.262 e. The molecule has 3 aromatic carbocycles. The Morgan fingerprint density at radius 3 is 2.37 bits per heavy atom. The van der Waals surface area contributed by atoms with Gasteiger partial charge in [0.25, 0.3) is 11.8 Å². The van der Waals surface area contributed by atoms with Crippen LogP contribution in [0, 0.1) is 6.92 Å². The first-order valence-electron chi connectivity index (χ1n) is 9.13. The van der Waals surface area contributed by atoms with Gasteiger partial charge in [-0.3, -0.25) is 9.59 Å². The van der Waals surface area contributed by atoms with Crippen molar-refractivity contribution in [2.75, 3.05) is 17.2 Å². The zero-order chi connectivity index (χ0) is 21.5. The highest BCUT2D eigenvalue weighted by molar-refractivity contribution is 6.08. The Bertz CT molecular complexity index is 1080. The molecule has 0 aliphatic heterocycles. The van der Waals surface area contributed by atoms with Gasteiger partial charge in [-0.05, 0) is 43.3 Å². The van der Waals surface area contributed by atoms with Crippen molar-refractivity contribution in [3.05, 3.63) is 89.5 Å². The maximum absolute atomic E-state index is 12.5. The van der Waals surface area contributed by atoms with E-state index in [1.165, 1.54) is 24.3 Å². The molecule has 0 saturated heterocycles. The number of nitrogens with one attached hydrogen (secondary N) is 2. The van der Waals surface area contributed by atoms with Gasteiger partial charge in [0.2, 0.25) is 0 Å². The summed E-state index contributed by atoms with van der Waals surface area (Å²) in [5.74, 6) is -1.71. The van der Waals surface area contributed by atoms with Gasteiger partial charge in [0, 0.05) is 16.8 Å². The maximum atomic E-state index is 12.5. The molecule has 0 radical (unpaired) electrons. The predicted molar refractivity (Wildman–Crippen MR) is 110 cm³/mol. The van der Waals surface area contributed by atoms with Crippen LogP contribution in [0.1, 0.15) is 26.3 Å². The normalized spacial score (nSPS) is 10.2. The van der Waals surface area contributed by atoms with Crippen LogP contribution in [-0.4, -0.2) is 24.4 Å². The number of carboxylic acid groups (broad SMARTS) is 1. The molecule has 3 aromatic rings. The summed E-state index contributed by atoms with van der Waals surface area (Å²) >= 11 is 0. The molecule has 30 heavy (non-hydrogen) atoms. The third kappa shape index (κ3) is 5.45. The Morgan fingerprint density at radius 2 is 1.63 bits per heavy atom. The topological polar surface area (TPSA) is 108 Å². The summed E-state index contributed by atoms with van der Waals surface area (Å²) in [6.07, 6.45) is 0. The van der Waals surface area contributed by atoms with Gasteiger partial charge in [-0.15, -0.1) is 0 Å². The van der Waals surface area contributed by atoms with Crippen LogP contribution in [0.2, 0.25) is 0 Å². The first-order chi connectivity index (χ1) is 14.4. The summed E-state index contributed by atoms with van der Waals surface area (Å²) in [6.45, 7) is 1.77. The fourth-order valence-corrected chi connectivity index (χ4v) is 2.68. The standard InChI is InChI=1S/C23H20N2O5/c1-15-9-11-18(12-10-15)30-14-21(26)24-17-6-4-5-16(13-17)22(27)25-20-8-3-2-7-19(20)23(28)29/h2-13H,14H2,1H3,(H,24,26)(H,25,27)(H,28,29)/p-1. The molecular formula is C23H19N2O5-. The summed E-state index contributed by atoms with van der Waals surface area (Å²) in [6, 6.07) is 19.6. The number of hydrogen-bond acceptors (Lipinski definition) is 5. The highest BCUT2D eigenvalue weighted by atomic mass is 16.5. The van der Waals surface area contributed by atoms with E-state index in [0.29, 0.717) is 11.4 Å². The second kappa shape index (κ2) is 9.38. The summed E-state index contributed by atoms with van der Waals surface area (Å²) in [5.41, 5.74) is 1.75. The fourth-order valence-electron chi connectivity index (χ4n) is 2.68. The molecule has 0 bridgehead atoms. The van der Waals surface area contributed by atoms with E-state index in [1.807, 2.05) is 19.1 Å². The van der Waals surface area contributed by atoms with E-state index in [2.05, 4.69) is 10.6 Å². The van der Waals surface area contributed by atoms with Crippen molar-refractivity contribution in [2.24, 2.45) is 0 Å². The number of carbonyl (C=O) groups excluding carboxylic acids is 3. The Kier molecular flexibility index (Phi) is 6.44. The predicted octanol–water partition coefficient (Wildman–Crippen LogP) is 2.63. The van der Waals surface area contributed by atoms with Crippen LogP contribution in [0.25, 0.3) is 0 Å². The first-order valence-corrected chi connectivity index (χ1v) is 9.13. The van der Waals surface area contributed by atoms with Crippen molar-refractivity contribution < 1.29 is 24.2 Å². The van der Waals surface area contributed by atoms with Crippen molar-refractivity contribution in [3.63, 3.8) is 0 Å². The van der Waals surface area contributed by atoms with Gasteiger partial charge in [0.15, 0.2) is 6.61 Å². The Labute approximate surface area is 173 Å². The molecule has 0 aliphatic carbocycles. The Morgan fingerprint density at radius 1 is 0.900 bits per heavy atom.